The number of esters is 1. The molecule has 0 atom stereocenters. The number of nitrogens with zero attached hydrogens (tertiary/aromatic N) is 1. The maximum atomic E-state index is 13.3. The van der Waals surface area contributed by atoms with Crippen molar-refractivity contribution in [2.75, 3.05) is 33.3 Å². The Morgan fingerprint density at radius 3 is 2.39 bits per heavy atom. The number of anilines is 1. The lowest BCUT2D eigenvalue weighted by molar-refractivity contribution is -0.118. The number of benzene rings is 2. The van der Waals surface area contributed by atoms with Gasteiger partial charge in [0.25, 0.3) is 5.91 Å². The van der Waals surface area contributed by atoms with Crippen LogP contribution in [-0.2, 0) is 9.53 Å². The quantitative estimate of drug-likeness (QED) is 0.548. The molecule has 31 heavy (non-hydrogen) atoms. The molecule has 10 heteroatoms. The molecule has 162 valence electrons. The summed E-state index contributed by atoms with van der Waals surface area (Å²) in [6.45, 7) is -0.400. The lowest BCUT2D eigenvalue weighted by atomic mass is 10.1. The van der Waals surface area contributed by atoms with Gasteiger partial charge in [-0.2, -0.15) is 0 Å². The van der Waals surface area contributed by atoms with E-state index in [9.17, 15) is 14.0 Å². The summed E-state index contributed by atoms with van der Waals surface area (Å²) >= 11 is 5.72. The number of halogens is 2. The van der Waals surface area contributed by atoms with Crippen LogP contribution in [0.25, 0.3) is 10.9 Å². The monoisotopic (exact) mass is 448 g/mol. The zero-order chi connectivity index (χ0) is 22.5. The summed E-state index contributed by atoms with van der Waals surface area (Å²) in [6.07, 6.45) is 0. The van der Waals surface area contributed by atoms with Gasteiger partial charge in [0, 0.05) is 23.2 Å². The smallest absolute Gasteiger partial charge is 0.356 e. The third kappa shape index (κ3) is 4.95. The van der Waals surface area contributed by atoms with Crippen molar-refractivity contribution in [3.8, 4) is 17.2 Å². The maximum absolute atomic E-state index is 13.3. The predicted molar refractivity (Wildman–Crippen MR) is 112 cm³/mol. The van der Waals surface area contributed by atoms with Crippen molar-refractivity contribution in [2.45, 2.75) is 0 Å². The van der Waals surface area contributed by atoms with Crippen molar-refractivity contribution in [1.82, 2.24) is 4.98 Å². The van der Waals surface area contributed by atoms with Crippen molar-refractivity contribution in [2.24, 2.45) is 0 Å². The Hall–Kier alpha value is -3.59. The molecule has 0 aliphatic rings. The number of carbonyl (C=O) groups excluding carboxylic acids is 2. The molecule has 2 aromatic carbocycles. The van der Waals surface area contributed by atoms with Crippen molar-refractivity contribution in [1.29, 1.82) is 0 Å². The highest BCUT2D eigenvalue weighted by Gasteiger charge is 2.17. The number of aromatic nitrogens is 1. The molecule has 0 radical (unpaired) electrons. The van der Waals surface area contributed by atoms with Gasteiger partial charge in [-0.3, -0.25) is 4.79 Å². The lowest BCUT2D eigenvalue weighted by Crippen LogP contribution is -2.20. The van der Waals surface area contributed by atoms with Crippen LogP contribution in [0.3, 0.4) is 0 Å². The van der Waals surface area contributed by atoms with Crippen LogP contribution in [0.1, 0.15) is 10.5 Å². The van der Waals surface area contributed by atoms with Crippen LogP contribution in [0, 0.1) is 5.82 Å². The van der Waals surface area contributed by atoms with E-state index in [-0.39, 0.29) is 16.5 Å². The average Bonchev–Trinajstić information content (AvgIpc) is 2.78. The van der Waals surface area contributed by atoms with E-state index in [1.165, 1.54) is 39.5 Å². The van der Waals surface area contributed by atoms with Crippen molar-refractivity contribution >= 4 is 40.1 Å². The third-order valence-corrected chi connectivity index (χ3v) is 4.52. The first-order valence-electron chi connectivity index (χ1n) is 8.89. The molecule has 0 fully saturated rings. The molecule has 0 spiro atoms. The first-order valence-corrected chi connectivity index (χ1v) is 9.26. The summed E-state index contributed by atoms with van der Waals surface area (Å²) in [5.41, 5.74) is 0.672. The van der Waals surface area contributed by atoms with Gasteiger partial charge in [0.15, 0.2) is 23.8 Å². The fourth-order valence-electron chi connectivity index (χ4n) is 2.76. The van der Waals surface area contributed by atoms with E-state index in [0.29, 0.717) is 28.1 Å². The maximum Gasteiger partial charge on any atom is 0.356 e. The van der Waals surface area contributed by atoms with E-state index >= 15 is 0 Å². The van der Waals surface area contributed by atoms with Gasteiger partial charge in [0.05, 0.1) is 31.9 Å². The van der Waals surface area contributed by atoms with Gasteiger partial charge < -0.3 is 24.3 Å². The molecule has 1 aromatic heterocycles. The van der Waals surface area contributed by atoms with Gasteiger partial charge in [-0.1, -0.05) is 11.6 Å². The molecule has 8 nitrogen and oxygen atoms in total. The molecule has 1 amide bonds. The Morgan fingerprint density at radius 1 is 1.03 bits per heavy atom. The Bertz CT molecular complexity index is 1150. The molecule has 0 bridgehead atoms. The number of hydrogen-bond acceptors (Lipinski definition) is 7. The number of fused-ring (bicyclic) bond motifs is 1. The second-order valence-electron chi connectivity index (χ2n) is 6.19. The summed E-state index contributed by atoms with van der Waals surface area (Å²) in [5.74, 6) is -0.767. The molecule has 3 rings (SSSR count). The average molecular weight is 449 g/mol. The van der Waals surface area contributed by atoms with Crippen LogP contribution in [0.5, 0.6) is 17.2 Å². The van der Waals surface area contributed by atoms with Gasteiger partial charge in [0.2, 0.25) is 0 Å². The van der Waals surface area contributed by atoms with Crippen LogP contribution in [0.15, 0.2) is 36.4 Å². The minimum Gasteiger partial charge on any atom is -0.493 e. The SMILES string of the molecule is COC(=O)c1cc(OCC(=O)Nc2ccc(F)c(Cl)c2)c2cc(OC)c(OC)cc2n1. The van der Waals surface area contributed by atoms with E-state index in [1.807, 2.05) is 0 Å². The molecule has 0 saturated heterocycles. The Kier molecular flexibility index (Phi) is 6.76. The summed E-state index contributed by atoms with van der Waals surface area (Å²) in [5, 5.41) is 2.92. The number of amides is 1. The van der Waals surface area contributed by atoms with E-state index in [0.717, 1.165) is 6.07 Å². The highest BCUT2D eigenvalue weighted by atomic mass is 35.5. The van der Waals surface area contributed by atoms with Crippen molar-refractivity contribution < 1.29 is 32.9 Å². The number of methoxy groups -OCH3 is 3. The molecular formula is C21H18ClFN2O6. The predicted octanol–water partition coefficient (Wildman–Crippen LogP) is 3.85. The third-order valence-electron chi connectivity index (χ3n) is 4.23. The Labute approximate surface area is 181 Å². The fraction of sp³-hybridized carbons (Fsp3) is 0.190. The molecule has 0 aliphatic carbocycles. The van der Waals surface area contributed by atoms with E-state index in [2.05, 4.69) is 10.3 Å². The zero-order valence-corrected chi connectivity index (χ0v) is 17.6. The normalized spacial score (nSPS) is 10.5. The van der Waals surface area contributed by atoms with Gasteiger partial charge >= 0.3 is 5.97 Å². The first-order chi connectivity index (χ1) is 14.9. The van der Waals surface area contributed by atoms with Gasteiger partial charge in [-0.15, -0.1) is 0 Å². The molecular weight excluding hydrogens is 431 g/mol. The molecule has 1 N–H and O–H groups in total. The summed E-state index contributed by atoms with van der Waals surface area (Å²) in [7, 11) is 4.17. The highest BCUT2D eigenvalue weighted by molar-refractivity contribution is 6.31. The summed E-state index contributed by atoms with van der Waals surface area (Å²) in [6, 6.07) is 8.35. The summed E-state index contributed by atoms with van der Waals surface area (Å²) < 4.78 is 34.2. The number of hydrogen-bond donors (Lipinski definition) is 1. The zero-order valence-electron chi connectivity index (χ0n) is 16.8. The molecule has 0 saturated carbocycles. The standard InChI is InChI=1S/C21H18ClFN2O6/c1-28-18-7-12-15(8-19(18)29-2)25-16(21(27)30-3)9-17(12)31-10-20(26)24-11-4-5-14(23)13(22)6-11/h4-9H,10H2,1-3H3,(H,24,26). The van der Waals surface area contributed by atoms with Crippen LogP contribution < -0.4 is 19.5 Å². The minimum atomic E-state index is -0.674. The van der Waals surface area contributed by atoms with Gasteiger partial charge in [0.1, 0.15) is 11.6 Å². The number of pyridine rings is 1. The van der Waals surface area contributed by atoms with Crippen LogP contribution in [-0.4, -0.2) is 44.8 Å². The highest BCUT2D eigenvalue weighted by Crippen LogP contribution is 2.36. The van der Waals surface area contributed by atoms with Gasteiger partial charge in [-0.05, 0) is 24.3 Å². The second-order valence-corrected chi connectivity index (χ2v) is 6.59. The van der Waals surface area contributed by atoms with Crippen LogP contribution in [0.4, 0.5) is 10.1 Å². The van der Waals surface area contributed by atoms with Crippen molar-refractivity contribution in [3.63, 3.8) is 0 Å². The first kappa shape index (κ1) is 22.1. The molecule has 3 aromatic rings. The Balaban J connectivity index is 1.90. The summed E-state index contributed by atoms with van der Waals surface area (Å²) in [4.78, 5) is 28.6. The largest absolute Gasteiger partial charge is 0.493 e. The number of ether oxygens (including phenoxy) is 4. The van der Waals surface area contributed by atoms with Crippen LogP contribution >= 0.6 is 11.6 Å². The number of nitrogens with one attached hydrogen (secondary N) is 1. The van der Waals surface area contributed by atoms with E-state index < -0.39 is 24.3 Å². The van der Waals surface area contributed by atoms with Crippen molar-refractivity contribution in [3.05, 3.63) is 52.9 Å². The van der Waals surface area contributed by atoms with Gasteiger partial charge in [-0.25, -0.2) is 14.2 Å². The lowest BCUT2D eigenvalue weighted by Gasteiger charge is -2.14. The fourth-order valence-corrected chi connectivity index (χ4v) is 2.95. The molecule has 1 heterocycles. The van der Waals surface area contributed by atoms with E-state index in [4.69, 9.17) is 30.5 Å². The molecule has 0 aliphatic heterocycles. The topological polar surface area (TPSA) is 96.0 Å². The van der Waals surface area contributed by atoms with E-state index in [1.54, 1.807) is 12.1 Å². The minimum absolute atomic E-state index is 0.0112. The Morgan fingerprint density at radius 2 is 1.74 bits per heavy atom. The number of rotatable bonds is 7. The second kappa shape index (κ2) is 9.48. The number of carbonyl (C=O) groups is 2. The van der Waals surface area contributed by atoms with Crippen LogP contribution in [0.2, 0.25) is 5.02 Å². The molecule has 0 unspecified atom stereocenters.